The maximum absolute atomic E-state index is 11.6. The number of ether oxygens (including phenoxy) is 1. The second-order valence-corrected chi connectivity index (χ2v) is 8.63. The van der Waals surface area contributed by atoms with Crippen LogP contribution in [0.15, 0.2) is 0 Å². The Bertz CT molecular complexity index is 388. The first-order chi connectivity index (χ1) is 9.80. The monoisotopic (exact) mass is 319 g/mol. The first-order valence-electron chi connectivity index (χ1n) is 8.42. The molecule has 0 aromatic carbocycles. The van der Waals surface area contributed by atoms with E-state index in [4.69, 9.17) is 9.88 Å². The third-order valence-electron chi connectivity index (χ3n) is 4.58. The molecule has 0 bridgehead atoms. The summed E-state index contributed by atoms with van der Waals surface area (Å²) in [6.07, 6.45) is 8.64. The van der Waals surface area contributed by atoms with Gasteiger partial charge in [-0.05, 0) is 31.6 Å². The molecule has 1 fully saturated rings. The molecule has 2 atom stereocenters. The molecule has 0 aliphatic heterocycles. The van der Waals surface area contributed by atoms with Gasteiger partial charge in [0.25, 0.3) is 0 Å². The van der Waals surface area contributed by atoms with Crippen molar-refractivity contribution in [1.82, 2.24) is 0 Å². The zero-order valence-corrected chi connectivity index (χ0v) is 14.8. The van der Waals surface area contributed by atoms with E-state index in [9.17, 15) is 8.42 Å². The number of primary sulfonamides is 1. The lowest BCUT2D eigenvalue weighted by atomic mass is 9.81. The molecule has 2 unspecified atom stereocenters. The van der Waals surface area contributed by atoms with Crippen molar-refractivity contribution in [2.24, 2.45) is 16.5 Å². The summed E-state index contributed by atoms with van der Waals surface area (Å²) in [6, 6.07) is 0. The van der Waals surface area contributed by atoms with E-state index in [1.54, 1.807) is 0 Å². The van der Waals surface area contributed by atoms with Gasteiger partial charge in [-0.15, -0.1) is 0 Å². The average Bonchev–Trinajstić information content (AvgIpc) is 2.35. The van der Waals surface area contributed by atoms with Gasteiger partial charge in [0.1, 0.15) is 0 Å². The minimum atomic E-state index is -3.47. The van der Waals surface area contributed by atoms with Gasteiger partial charge >= 0.3 is 0 Å². The van der Waals surface area contributed by atoms with Gasteiger partial charge in [-0.2, -0.15) is 0 Å². The van der Waals surface area contributed by atoms with Crippen molar-refractivity contribution in [3.05, 3.63) is 0 Å². The van der Waals surface area contributed by atoms with Crippen LogP contribution in [-0.2, 0) is 14.8 Å². The second kappa shape index (κ2) is 8.49. The van der Waals surface area contributed by atoms with Gasteiger partial charge in [-0.3, -0.25) is 0 Å². The Morgan fingerprint density at radius 2 is 1.81 bits per heavy atom. The molecule has 126 valence electrons. The molecule has 4 nitrogen and oxygen atoms in total. The van der Waals surface area contributed by atoms with Crippen molar-refractivity contribution >= 4 is 10.0 Å². The predicted molar refractivity (Wildman–Crippen MR) is 87.6 cm³/mol. The summed E-state index contributed by atoms with van der Waals surface area (Å²) >= 11 is 0. The molecular formula is C16H33NO3S. The van der Waals surface area contributed by atoms with E-state index in [1.807, 2.05) is 0 Å². The lowest BCUT2D eigenvalue weighted by Crippen LogP contribution is -2.39. The molecule has 1 rings (SSSR count). The number of sulfonamides is 1. The van der Waals surface area contributed by atoms with E-state index < -0.39 is 10.0 Å². The van der Waals surface area contributed by atoms with Crippen LogP contribution in [-0.4, -0.2) is 26.9 Å². The minimum absolute atomic E-state index is 0.0456. The van der Waals surface area contributed by atoms with Gasteiger partial charge in [0.05, 0.1) is 18.5 Å². The fraction of sp³-hybridized carbons (Fsp3) is 1.00. The highest BCUT2D eigenvalue weighted by Crippen LogP contribution is 2.34. The summed E-state index contributed by atoms with van der Waals surface area (Å²) in [6.45, 7) is 6.99. The maximum Gasteiger partial charge on any atom is 0.209 e. The largest absolute Gasteiger partial charge is 0.378 e. The number of hydrogen-bond acceptors (Lipinski definition) is 3. The maximum atomic E-state index is 11.6. The topological polar surface area (TPSA) is 69.4 Å². The fourth-order valence-electron chi connectivity index (χ4n) is 3.77. The molecular weight excluding hydrogens is 286 g/mol. The molecule has 0 aromatic rings. The van der Waals surface area contributed by atoms with Crippen LogP contribution in [0.2, 0.25) is 0 Å². The molecule has 0 amide bonds. The van der Waals surface area contributed by atoms with Gasteiger partial charge in [-0.25, -0.2) is 13.6 Å². The highest BCUT2D eigenvalue weighted by atomic mass is 32.2. The minimum Gasteiger partial charge on any atom is -0.378 e. The Morgan fingerprint density at radius 3 is 2.29 bits per heavy atom. The van der Waals surface area contributed by atoms with E-state index in [0.717, 1.165) is 38.5 Å². The van der Waals surface area contributed by atoms with Crippen LogP contribution in [0.1, 0.15) is 72.1 Å². The van der Waals surface area contributed by atoms with Gasteiger partial charge in [0, 0.05) is 5.41 Å². The molecule has 1 aliphatic rings. The third-order valence-corrected chi connectivity index (χ3v) is 5.60. The van der Waals surface area contributed by atoms with Gasteiger partial charge < -0.3 is 4.74 Å². The summed E-state index contributed by atoms with van der Waals surface area (Å²) in [5.74, 6) is 0.762. The predicted octanol–water partition coefficient (Wildman–Crippen LogP) is 3.46. The van der Waals surface area contributed by atoms with Crippen LogP contribution < -0.4 is 5.14 Å². The Kier molecular flexibility index (Phi) is 7.65. The molecule has 0 radical (unpaired) electrons. The van der Waals surface area contributed by atoms with Crippen LogP contribution in [0.3, 0.4) is 0 Å². The molecule has 0 saturated heterocycles. The van der Waals surface area contributed by atoms with Crippen LogP contribution >= 0.6 is 0 Å². The Hall–Kier alpha value is -0.130. The molecule has 21 heavy (non-hydrogen) atoms. The zero-order valence-electron chi connectivity index (χ0n) is 13.9. The fourth-order valence-corrected chi connectivity index (χ4v) is 4.99. The van der Waals surface area contributed by atoms with E-state index in [0.29, 0.717) is 18.6 Å². The quantitative estimate of drug-likeness (QED) is 0.707. The molecule has 0 heterocycles. The molecule has 2 N–H and O–H groups in total. The lowest BCUT2D eigenvalue weighted by Gasteiger charge is -2.35. The summed E-state index contributed by atoms with van der Waals surface area (Å²) < 4.78 is 29.4. The van der Waals surface area contributed by atoms with Gasteiger partial charge in [0.15, 0.2) is 0 Å². The first kappa shape index (κ1) is 18.9. The first-order valence-corrected chi connectivity index (χ1v) is 10.1. The van der Waals surface area contributed by atoms with Crippen molar-refractivity contribution in [3.8, 4) is 0 Å². The zero-order chi connectivity index (χ0) is 15.9. The summed E-state index contributed by atoms with van der Waals surface area (Å²) in [7, 11) is -3.47. The highest BCUT2D eigenvalue weighted by Gasteiger charge is 2.34. The highest BCUT2D eigenvalue weighted by molar-refractivity contribution is 7.89. The van der Waals surface area contributed by atoms with E-state index in [-0.39, 0.29) is 11.2 Å². The molecule has 1 saturated carbocycles. The SMILES string of the molecule is CCCC(CCC)(COC1CCCC(C)C1)CS(N)(=O)=O. The van der Waals surface area contributed by atoms with Crippen molar-refractivity contribution < 1.29 is 13.2 Å². The smallest absolute Gasteiger partial charge is 0.209 e. The van der Waals surface area contributed by atoms with Gasteiger partial charge in [-0.1, -0.05) is 46.5 Å². The Morgan fingerprint density at radius 1 is 1.19 bits per heavy atom. The summed E-state index contributed by atoms with van der Waals surface area (Å²) in [5, 5.41) is 5.33. The number of rotatable bonds is 9. The Labute approximate surface area is 130 Å². The van der Waals surface area contributed by atoms with E-state index in [1.165, 1.54) is 12.8 Å². The van der Waals surface area contributed by atoms with Crippen molar-refractivity contribution in [2.45, 2.75) is 78.2 Å². The second-order valence-electron chi connectivity index (χ2n) is 7.01. The average molecular weight is 320 g/mol. The van der Waals surface area contributed by atoms with Gasteiger partial charge in [0.2, 0.25) is 10.0 Å². The lowest BCUT2D eigenvalue weighted by molar-refractivity contribution is -0.0330. The molecule has 1 aliphatic carbocycles. The van der Waals surface area contributed by atoms with E-state index in [2.05, 4.69) is 20.8 Å². The summed E-state index contributed by atoms with van der Waals surface area (Å²) in [4.78, 5) is 0. The standard InChI is InChI=1S/C16H33NO3S/c1-4-9-16(10-5-2,13-21(17,18)19)12-20-15-8-6-7-14(3)11-15/h14-15H,4-13H2,1-3H3,(H2,17,18,19). The molecule has 5 heteroatoms. The van der Waals surface area contributed by atoms with Crippen LogP contribution in [0.25, 0.3) is 0 Å². The van der Waals surface area contributed by atoms with Crippen molar-refractivity contribution in [2.75, 3.05) is 12.4 Å². The van der Waals surface area contributed by atoms with Crippen LogP contribution in [0.5, 0.6) is 0 Å². The van der Waals surface area contributed by atoms with Crippen molar-refractivity contribution in [1.29, 1.82) is 0 Å². The molecule has 0 spiro atoms. The molecule has 0 aromatic heterocycles. The number of hydrogen-bond donors (Lipinski definition) is 1. The number of nitrogens with two attached hydrogens (primary N) is 1. The van der Waals surface area contributed by atoms with E-state index >= 15 is 0 Å². The Balaban J connectivity index is 2.70. The normalized spacial score (nSPS) is 24.2. The van der Waals surface area contributed by atoms with Crippen LogP contribution in [0.4, 0.5) is 0 Å². The summed E-state index contributed by atoms with van der Waals surface area (Å²) in [5.41, 5.74) is -0.308. The third kappa shape index (κ3) is 7.11. The van der Waals surface area contributed by atoms with Crippen LogP contribution in [0, 0.1) is 11.3 Å². The van der Waals surface area contributed by atoms with Crippen molar-refractivity contribution in [3.63, 3.8) is 0 Å².